The Kier molecular flexibility index (Phi) is 5.10. The third-order valence-electron chi connectivity index (χ3n) is 4.96. The molecule has 0 saturated carbocycles. The lowest BCUT2D eigenvalue weighted by molar-refractivity contribution is -0.148. The number of ether oxygens (including phenoxy) is 1. The van der Waals surface area contributed by atoms with Crippen LogP contribution >= 0.6 is 0 Å². The van der Waals surface area contributed by atoms with Crippen LogP contribution in [0.3, 0.4) is 0 Å². The lowest BCUT2D eigenvalue weighted by Gasteiger charge is -2.23. The van der Waals surface area contributed by atoms with Crippen LogP contribution in [0, 0.1) is 5.41 Å². The zero-order valence-electron chi connectivity index (χ0n) is 15.6. The number of rotatable bonds is 3. The minimum Gasteiger partial charge on any atom is -0.381 e. The first kappa shape index (κ1) is 19.2. The van der Waals surface area contributed by atoms with E-state index < -0.39 is 12.2 Å². The van der Waals surface area contributed by atoms with Crippen molar-refractivity contribution >= 4 is 10.9 Å². The van der Waals surface area contributed by atoms with Crippen molar-refractivity contribution in [2.45, 2.75) is 58.3 Å². The van der Waals surface area contributed by atoms with Crippen molar-refractivity contribution in [3.63, 3.8) is 0 Å². The highest BCUT2D eigenvalue weighted by molar-refractivity contribution is 5.85. The average molecular weight is 368 g/mol. The highest BCUT2D eigenvalue weighted by Gasteiger charge is 2.39. The number of hydrogen-bond acceptors (Lipinski definition) is 2. The Morgan fingerprint density at radius 2 is 1.85 bits per heavy atom. The van der Waals surface area contributed by atoms with E-state index in [-0.39, 0.29) is 11.0 Å². The summed E-state index contributed by atoms with van der Waals surface area (Å²) in [5, 5.41) is 0.592. The minimum atomic E-state index is -4.46. The lowest BCUT2D eigenvalue weighted by Crippen LogP contribution is -2.28. The first-order chi connectivity index (χ1) is 12.1. The summed E-state index contributed by atoms with van der Waals surface area (Å²) in [6, 6.07) is 3.83. The fourth-order valence-corrected chi connectivity index (χ4v) is 3.69. The van der Waals surface area contributed by atoms with Gasteiger partial charge in [0.25, 0.3) is 0 Å². The van der Waals surface area contributed by atoms with Crippen LogP contribution in [0.5, 0.6) is 0 Å². The van der Waals surface area contributed by atoms with Gasteiger partial charge in [0, 0.05) is 42.4 Å². The molecule has 144 valence electrons. The molecule has 26 heavy (non-hydrogen) atoms. The molecular weight excluding hydrogens is 341 g/mol. The lowest BCUT2D eigenvalue weighted by atomic mass is 9.90. The Balaban J connectivity index is 2.09. The van der Waals surface area contributed by atoms with Gasteiger partial charge in [-0.3, -0.25) is 0 Å². The Hall–Kier alpha value is -1.53. The summed E-state index contributed by atoms with van der Waals surface area (Å²) in [5.74, 6) is 0.394. The van der Waals surface area contributed by atoms with E-state index >= 15 is 0 Å². The summed E-state index contributed by atoms with van der Waals surface area (Å²) in [4.78, 5) is 0. The molecule has 1 aliphatic rings. The van der Waals surface area contributed by atoms with Crippen LogP contribution in [-0.4, -0.2) is 24.0 Å². The molecule has 0 aliphatic carbocycles. The number of nitrogens with two attached hydrogens (primary N) is 1. The fraction of sp³-hybridized carbons (Fsp3) is 0.600. The molecule has 1 fully saturated rings. The van der Waals surface area contributed by atoms with Gasteiger partial charge in [-0.25, -0.2) is 0 Å². The molecule has 1 atom stereocenters. The highest BCUT2D eigenvalue weighted by atomic mass is 19.4. The second-order valence-corrected chi connectivity index (χ2v) is 8.46. The molecule has 0 bridgehead atoms. The van der Waals surface area contributed by atoms with Crippen LogP contribution < -0.4 is 5.73 Å². The van der Waals surface area contributed by atoms with Gasteiger partial charge in [-0.15, -0.1) is 0 Å². The van der Waals surface area contributed by atoms with Gasteiger partial charge in [-0.1, -0.05) is 32.9 Å². The van der Waals surface area contributed by atoms with E-state index in [0.29, 0.717) is 17.8 Å². The van der Waals surface area contributed by atoms with Gasteiger partial charge in [-0.2, -0.15) is 13.2 Å². The normalized spacial score (nSPS) is 18.4. The maximum Gasteiger partial charge on any atom is 0.407 e. The van der Waals surface area contributed by atoms with E-state index in [0.717, 1.165) is 31.6 Å². The third-order valence-corrected chi connectivity index (χ3v) is 4.96. The predicted octanol–water partition coefficient (Wildman–Crippen LogP) is 5.14. The Bertz CT molecular complexity index is 768. The summed E-state index contributed by atoms with van der Waals surface area (Å²) < 4.78 is 47.0. The van der Waals surface area contributed by atoms with Crippen LogP contribution in [0.2, 0.25) is 0 Å². The van der Waals surface area contributed by atoms with Gasteiger partial charge < -0.3 is 15.0 Å². The third kappa shape index (κ3) is 4.07. The zero-order valence-corrected chi connectivity index (χ0v) is 15.6. The molecule has 6 heteroatoms. The first-order valence-corrected chi connectivity index (χ1v) is 9.09. The van der Waals surface area contributed by atoms with E-state index in [2.05, 4.69) is 20.8 Å². The van der Waals surface area contributed by atoms with E-state index in [1.807, 2.05) is 16.7 Å². The largest absolute Gasteiger partial charge is 0.407 e. The van der Waals surface area contributed by atoms with Gasteiger partial charge in [0.2, 0.25) is 0 Å². The van der Waals surface area contributed by atoms with Crippen LogP contribution in [0.25, 0.3) is 10.9 Å². The maximum absolute atomic E-state index is 13.2. The standard InChI is InChI=1S/C20H27F3N2O/c1-19(2,3)12-25-11-16(18(24)20(21,22)23)15-5-4-14(10-17(15)25)13-6-8-26-9-7-13/h4-5,10-11,13,18H,6-9,12,24H2,1-3H3/t18-/m0/s1. The fourth-order valence-electron chi connectivity index (χ4n) is 3.69. The highest BCUT2D eigenvalue weighted by Crippen LogP contribution is 2.38. The van der Waals surface area contributed by atoms with Crippen LogP contribution in [0.15, 0.2) is 24.4 Å². The number of fused-ring (bicyclic) bond motifs is 1. The monoisotopic (exact) mass is 368 g/mol. The molecule has 1 aromatic heterocycles. The van der Waals surface area contributed by atoms with Gasteiger partial charge in [0.1, 0.15) is 6.04 Å². The van der Waals surface area contributed by atoms with Crippen molar-refractivity contribution < 1.29 is 17.9 Å². The molecule has 1 saturated heterocycles. The number of hydrogen-bond donors (Lipinski definition) is 1. The molecule has 0 radical (unpaired) electrons. The van der Waals surface area contributed by atoms with E-state index in [9.17, 15) is 13.2 Å². The number of halogens is 3. The molecule has 0 unspecified atom stereocenters. The molecule has 1 aromatic carbocycles. The molecule has 3 nitrogen and oxygen atoms in total. The first-order valence-electron chi connectivity index (χ1n) is 9.09. The smallest absolute Gasteiger partial charge is 0.381 e. The average Bonchev–Trinajstić information content (AvgIpc) is 2.90. The number of nitrogens with zero attached hydrogens (tertiary/aromatic N) is 1. The molecule has 2 N–H and O–H groups in total. The second kappa shape index (κ2) is 6.89. The zero-order chi connectivity index (χ0) is 19.1. The second-order valence-electron chi connectivity index (χ2n) is 8.46. The van der Waals surface area contributed by atoms with Crippen molar-refractivity contribution in [1.29, 1.82) is 0 Å². The van der Waals surface area contributed by atoms with Gasteiger partial charge in [-0.05, 0) is 35.8 Å². The SMILES string of the molecule is CC(C)(C)Cn1cc([C@H](N)C(F)(F)F)c2ccc(C3CCOCC3)cc21. The topological polar surface area (TPSA) is 40.2 Å². The van der Waals surface area contributed by atoms with Crippen molar-refractivity contribution in [3.05, 3.63) is 35.5 Å². The van der Waals surface area contributed by atoms with Crippen molar-refractivity contribution in [1.82, 2.24) is 4.57 Å². The Labute approximate surface area is 152 Å². The van der Waals surface area contributed by atoms with Gasteiger partial charge in [0.15, 0.2) is 0 Å². The Morgan fingerprint density at radius 3 is 2.42 bits per heavy atom. The maximum atomic E-state index is 13.2. The van der Waals surface area contributed by atoms with E-state index in [1.54, 1.807) is 12.3 Å². The number of benzene rings is 1. The summed E-state index contributed by atoms with van der Waals surface area (Å²) in [5.41, 5.74) is 7.63. The number of alkyl halides is 3. The molecule has 1 aliphatic heterocycles. The van der Waals surface area contributed by atoms with Crippen LogP contribution in [0.1, 0.15) is 56.7 Å². The molecular formula is C20H27F3N2O. The predicted molar refractivity (Wildman–Crippen MR) is 97.2 cm³/mol. The van der Waals surface area contributed by atoms with Crippen molar-refractivity contribution in [2.24, 2.45) is 11.1 Å². The van der Waals surface area contributed by atoms with Crippen LogP contribution in [-0.2, 0) is 11.3 Å². The summed E-state index contributed by atoms with van der Waals surface area (Å²) in [6.07, 6.45) is -0.983. The van der Waals surface area contributed by atoms with Gasteiger partial charge in [0.05, 0.1) is 0 Å². The molecule has 0 spiro atoms. The molecule has 2 heterocycles. The van der Waals surface area contributed by atoms with Gasteiger partial charge >= 0.3 is 6.18 Å². The van der Waals surface area contributed by atoms with Crippen molar-refractivity contribution in [2.75, 3.05) is 13.2 Å². The minimum absolute atomic E-state index is 0.0553. The molecule has 2 aromatic rings. The molecule has 3 rings (SSSR count). The van der Waals surface area contributed by atoms with E-state index in [4.69, 9.17) is 10.5 Å². The molecule has 0 amide bonds. The van der Waals surface area contributed by atoms with E-state index in [1.165, 1.54) is 5.56 Å². The number of aromatic nitrogens is 1. The van der Waals surface area contributed by atoms with Crippen molar-refractivity contribution in [3.8, 4) is 0 Å². The summed E-state index contributed by atoms with van der Waals surface area (Å²) >= 11 is 0. The Morgan fingerprint density at radius 1 is 1.19 bits per heavy atom. The summed E-state index contributed by atoms with van der Waals surface area (Å²) in [7, 11) is 0. The van der Waals surface area contributed by atoms with Crippen LogP contribution in [0.4, 0.5) is 13.2 Å². The summed E-state index contributed by atoms with van der Waals surface area (Å²) in [6.45, 7) is 8.32. The quantitative estimate of drug-likeness (QED) is 0.814.